The molecule has 1 fully saturated rings. The molecule has 1 heterocycles. The number of aliphatic imine (C=N–C) groups is 1. The van der Waals surface area contributed by atoms with Gasteiger partial charge in [-0.3, -0.25) is 4.99 Å². The SMILES string of the molecule is C[C@@H](NC(=S)N[C@H]1CCCC[C@@H]1N=Cc1ncc[nH]1)c1ccccc1. The number of hydrogen-bond acceptors (Lipinski definition) is 3. The molecule has 0 bridgehead atoms. The van der Waals surface area contributed by atoms with Crippen LogP contribution in [0, 0.1) is 0 Å². The number of benzene rings is 1. The zero-order valence-electron chi connectivity index (χ0n) is 14.5. The molecule has 1 aliphatic carbocycles. The fourth-order valence-corrected chi connectivity index (χ4v) is 3.53. The summed E-state index contributed by atoms with van der Waals surface area (Å²) >= 11 is 5.54. The molecule has 3 rings (SSSR count). The Morgan fingerprint density at radius 2 is 2.12 bits per heavy atom. The third-order valence-electron chi connectivity index (χ3n) is 4.60. The molecule has 0 spiro atoms. The summed E-state index contributed by atoms with van der Waals surface area (Å²) < 4.78 is 0. The van der Waals surface area contributed by atoms with Crippen LogP contribution in [0.25, 0.3) is 0 Å². The van der Waals surface area contributed by atoms with Crippen LogP contribution in [0.1, 0.15) is 50.0 Å². The van der Waals surface area contributed by atoms with Crippen molar-refractivity contribution in [2.45, 2.75) is 50.7 Å². The van der Waals surface area contributed by atoms with Crippen molar-refractivity contribution in [3.05, 3.63) is 54.1 Å². The zero-order valence-corrected chi connectivity index (χ0v) is 15.3. The van der Waals surface area contributed by atoms with Crippen LogP contribution in [0.15, 0.2) is 47.7 Å². The van der Waals surface area contributed by atoms with Crippen molar-refractivity contribution in [2.24, 2.45) is 4.99 Å². The van der Waals surface area contributed by atoms with Gasteiger partial charge in [-0.2, -0.15) is 0 Å². The monoisotopic (exact) mass is 355 g/mol. The molecule has 5 nitrogen and oxygen atoms in total. The van der Waals surface area contributed by atoms with Gasteiger partial charge in [-0.1, -0.05) is 43.2 Å². The standard InChI is InChI=1S/C19H25N5S/c1-14(15-7-3-2-4-8-15)23-19(25)24-17-10-6-5-9-16(17)22-13-18-20-11-12-21-18/h2-4,7-8,11-14,16-17H,5-6,9-10H2,1H3,(H,20,21)(H2,23,24,25)/t14-,16+,17+/m1/s1. The van der Waals surface area contributed by atoms with E-state index in [9.17, 15) is 0 Å². The van der Waals surface area contributed by atoms with Crippen LogP contribution in [0.4, 0.5) is 0 Å². The highest BCUT2D eigenvalue weighted by atomic mass is 32.1. The Labute approximate surface area is 154 Å². The molecule has 1 aliphatic rings. The molecule has 3 N–H and O–H groups in total. The van der Waals surface area contributed by atoms with Crippen molar-refractivity contribution < 1.29 is 0 Å². The van der Waals surface area contributed by atoms with E-state index in [4.69, 9.17) is 17.2 Å². The van der Waals surface area contributed by atoms with Gasteiger partial charge >= 0.3 is 0 Å². The number of aromatic amines is 1. The Balaban J connectivity index is 1.56. The number of thiocarbonyl (C=S) groups is 1. The van der Waals surface area contributed by atoms with Crippen LogP contribution in [-0.4, -0.2) is 33.4 Å². The number of aromatic nitrogens is 2. The highest BCUT2D eigenvalue weighted by Crippen LogP contribution is 2.21. The molecule has 1 saturated carbocycles. The predicted molar refractivity (Wildman–Crippen MR) is 106 cm³/mol. The second kappa shape index (κ2) is 8.76. The summed E-state index contributed by atoms with van der Waals surface area (Å²) in [5.74, 6) is 0.794. The molecule has 132 valence electrons. The number of nitrogens with zero attached hydrogens (tertiary/aromatic N) is 2. The molecule has 0 unspecified atom stereocenters. The molecule has 25 heavy (non-hydrogen) atoms. The van der Waals surface area contributed by atoms with Crippen molar-refractivity contribution in [1.29, 1.82) is 0 Å². The summed E-state index contributed by atoms with van der Waals surface area (Å²) in [6.07, 6.45) is 9.95. The Kier molecular flexibility index (Phi) is 6.17. The molecule has 0 saturated heterocycles. The molecule has 3 atom stereocenters. The van der Waals surface area contributed by atoms with Gasteiger partial charge in [-0.05, 0) is 37.5 Å². The number of imidazole rings is 1. The van der Waals surface area contributed by atoms with Crippen LogP contribution >= 0.6 is 12.2 Å². The predicted octanol–water partition coefficient (Wildman–Crippen LogP) is 3.37. The Bertz CT molecular complexity index is 683. The van der Waals surface area contributed by atoms with E-state index < -0.39 is 0 Å². The van der Waals surface area contributed by atoms with Gasteiger partial charge in [0.05, 0.1) is 24.3 Å². The molecular formula is C19H25N5S. The van der Waals surface area contributed by atoms with Crippen molar-refractivity contribution in [3.8, 4) is 0 Å². The fourth-order valence-electron chi connectivity index (χ4n) is 3.20. The molecule has 1 aromatic heterocycles. The zero-order chi connectivity index (χ0) is 17.5. The summed E-state index contributed by atoms with van der Waals surface area (Å²) in [4.78, 5) is 12.0. The lowest BCUT2D eigenvalue weighted by Gasteiger charge is -2.31. The molecule has 1 aromatic carbocycles. The van der Waals surface area contributed by atoms with Crippen LogP contribution < -0.4 is 10.6 Å². The van der Waals surface area contributed by atoms with E-state index in [0.717, 1.165) is 18.7 Å². The van der Waals surface area contributed by atoms with Crippen LogP contribution in [0.3, 0.4) is 0 Å². The van der Waals surface area contributed by atoms with Crippen molar-refractivity contribution in [1.82, 2.24) is 20.6 Å². The largest absolute Gasteiger partial charge is 0.358 e. The van der Waals surface area contributed by atoms with Gasteiger partial charge in [-0.15, -0.1) is 0 Å². The van der Waals surface area contributed by atoms with Gasteiger partial charge in [0.15, 0.2) is 5.11 Å². The first-order chi connectivity index (χ1) is 12.2. The summed E-state index contributed by atoms with van der Waals surface area (Å²) in [7, 11) is 0. The number of nitrogens with one attached hydrogen (secondary N) is 3. The second-order valence-electron chi connectivity index (χ2n) is 6.46. The van der Waals surface area contributed by atoms with Gasteiger partial charge in [0, 0.05) is 12.4 Å². The average Bonchev–Trinajstić information content (AvgIpc) is 3.15. The van der Waals surface area contributed by atoms with Crippen LogP contribution in [-0.2, 0) is 0 Å². The maximum atomic E-state index is 5.54. The summed E-state index contributed by atoms with van der Waals surface area (Å²) in [5, 5.41) is 7.56. The Hall–Kier alpha value is -2.21. The van der Waals surface area contributed by atoms with E-state index in [1.807, 2.05) is 30.6 Å². The quantitative estimate of drug-likeness (QED) is 0.568. The van der Waals surface area contributed by atoms with Crippen LogP contribution in [0.2, 0.25) is 0 Å². The fraction of sp³-hybridized carbons (Fsp3) is 0.421. The molecule has 0 amide bonds. The first-order valence-electron chi connectivity index (χ1n) is 8.87. The van der Waals surface area contributed by atoms with E-state index in [2.05, 4.69) is 39.7 Å². The minimum atomic E-state index is 0.176. The lowest BCUT2D eigenvalue weighted by molar-refractivity contribution is 0.361. The molecule has 0 radical (unpaired) electrons. The molecule has 0 aliphatic heterocycles. The van der Waals surface area contributed by atoms with Crippen molar-refractivity contribution >= 4 is 23.5 Å². The van der Waals surface area contributed by atoms with Gasteiger partial charge in [0.2, 0.25) is 0 Å². The third-order valence-corrected chi connectivity index (χ3v) is 4.84. The van der Waals surface area contributed by atoms with Gasteiger partial charge in [0.25, 0.3) is 0 Å². The minimum absolute atomic E-state index is 0.176. The van der Waals surface area contributed by atoms with Crippen LogP contribution in [0.5, 0.6) is 0 Å². The van der Waals surface area contributed by atoms with Gasteiger partial charge in [0.1, 0.15) is 5.82 Å². The van der Waals surface area contributed by atoms with Gasteiger partial charge in [-0.25, -0.2) is 4.98 Å². The maximum absolute atomic E-state index is 5.54. The maximum Gasteiger partial charge on any atom is 0.167 e. The highest BCUT2D eigenvalue weighted by molar-refractivity contribution is 7.80. The van der Waals surface area contributed by atoms with E-state index in [1.54, 1.807) is 6.20 Å². The van der Waals surface area contributed by atoms with Crippen molar-refractivity contribution in [3.63, 3.8) is 0 Å². The number of H-pyrrole nitrogens is 1. The normalized spacial score (nSPS) is 21.8. The molecular weight excluding hydrogens is 330 g/mol. The lowest BCUT2D eigenvalue weighted by Crippen LogP contribution is -2.48. The summed E-state index contributed by atoms with van der Waals surface area (Å²) in [5.41, 5.74) is 1.22. The summed E-state index contributed by atoms with van der Waals surface area (Å²) in [6, 6.07) is 11.0. The number of hydrogen-bond donors (Lipinski definition) is 3. The topological polar surface area (TPSA) is 65.1 Å². The second-order valence-corrected chi connectivity index (χ2v) is 6.87. The highest BCUT2D eigenvalue weighted by Gasteiger charge is 2.25. The van der Waals surface area contributed by atoms with E-state index in [0.29, 0.717) is 5.11 Å². The first kappa shape index (κ1) is 17.6. The Morgan fingerprint density at radius 3 is 2.88 bits per heavy atom. The van der Waals surface area contributed by atoms with Gasteiger partial charge < -0.3 is 15.6 Å². The summed E-state index contributed by atoms with van der Waals surface area (Å²) in [6.45, 7) is 2.12. The Morgan fingerprint density at radius 1 is 1.32 bits per heavy atom. The van der Waals surface area contributed by atoms with E-state index >= 15 is 0 Å². The lowest BCUT2D eigenvalue weighted by atomic mass is 9.91. The number of rotatable bonds is 5. The van der Waals surface area contributed by atoms with E-state index in [-0.39, 0.29) is 18.1 Å². The van der Waals surface area contributed by atoms with E-state index in [1.165, 1.54) is 18.4 Å². The smallest absolute Gasteiger partial charge is 0.167 e. The molecule has 6 heteroatoms. The first-order valence-corrected chi connectivity index (χ1v) is 9.28. The average molecular weight is 356 g/mol. The molecule has 2 aromatic rings. The minimum Gasteiger partial charge on any atom is -0.358 e. The third kappa shape index (κ3) is 5.13. The van der Waals surface area contributed by atoms with Crippen molar-refractivity contribution in [2.75, 3.05) is 0 Å².